The molecule has 1 aliphatic rings. The van der Waals surface area contributed by atoms with Crippen LogP contribution in [0.2, 0.25) is 0 Å². The van der Waals surface area contributed by atoms with E-state index >= 15 is 0 Å². The first-order valence-electron chi connectivity index (χ1n) is 5.71. The average molecular weight is 237 g/mol. The zero-order chi connectivity index (χ0) is 12.8. The van der Waals surface area contributed by atoms with Gasteiger partial charge in [-0.05, 0) is 46.1 Å². The van der Waals surface area contributed by atoms with Crippen molar-refractivity contribution in [3.63, 3.8) is 0 Å². The van der Waals surface area contributed by atoms with Gasteiger partial charge < -0.3 is 9.31 Å². The van der Waals surface area contributed by atoms with Crippen LogP contribution in [0.15, 0.2) is 12.3 Å². The first-order chi connectivity index (χ1) is 7.74. The fourth-order valence-corrected chi connectivity index (χ4v) is 1.75. The van der Waals surface area contributed by atoms with E-state index in [0.717, 1.165) is 0 Å². The molecule has 1 aromatic rings. The number of hydrogen-bond donors (Lipinski definition) is 0. The lowest BCUT2D eigenvalue weighted by molar-refractivity contribution is 0.00578. The van der Waals surface area contributed by atoms with Gasteiger partial charge in [0, 0.05) is 11.8 Å². The lowest BCUT2D eigenvalue weighted by atomic mass is 9.77. The zero-order valence-corrected chi connectivity index (χ0v) is 10.9. The Morgan fingerprint density at radius 3 is 2.24 bits per heavy atom. The van der Waals surface area contributed by atoms with E-state index in [2.05, 4.69) is 4.98 Å². The summed E-state index contributed by atoms with van der Waals surface area (Å²) in [5.41, 5.74) is 0.357. The van der Waals surface area contributed by atoms with E-state index in [1.807, 2.05) is 27.7 Å². The van der Waals surface area contributed by atoms with E-state index in [1.165, 1.54) is 6.20 Å². The number of pyridine rings is 1. The second kappa shape index (κ2) is 3.78. The lowest BCUT2D eigenvalue weighted by Crippen LogP contribution is -2.41. The molecule has 0 unspecified atom stereocenters. The molecule has 0 amide bonds. The van der Waals surface area contributed by atoms with Crippen molar-refractivity contribution in [1.29, 1.82) is 0 Å². The van der Waals surface area contributed by atoms with Gasteiger partial charge in [0.2, 0.25) is 5.95 Å². The molecular weight excluding hydrogens is 220 g/mol. The minimum Gasteiger partial charge on any atom is -0.399 e. The van der Waals surface area contributed by atoms with Gasteiger partial charge in [-0.1, -0.05) is 0 Å². The van der Waals surface area contributed by atoms with Gasteiger partial charge in [0.25, 0.3) is 0 Å². The van der Waals surface area contributed by atoms with Crippen molar-refractivity contribution in [1.82, 2.24) is 4.98 Å². The summed E-state index contributed by atoms with van der Waals surface area (Å²) in [7, 11) is -0.530. The van der Waals surface area contributed by atoms with Crippen LogP contribution in [0.3, 0.4) is 0 Å². The van der Waals surface area contributed by atoms with Gasteiger partial charge in [0.05, 0.1) is 11.2 Å². The van der Waals surface area contributed by atoms with Crippen LogP contribution in [-0.2, 0) is 9.31 Å². The Morgan fingerprint density at radius 2 is 1.71 bits per heavy atom. The van der Waals surface area contributed by atoms with Gasteiger partial charge in [-0.15, -0.1) is 0 Å². The van der Waals surface area contributed by atoms with Crippen LogP contribution < -0.4 is 5.46 Å². The van der Waals surface area contributed by atoms with Crippen LogP contribution >= 0.6 is 0 Å². The summed E-state index contributed by atoms with van der Waals surface area (Å²) in [5.74, 6) is -0.475. The molecule has 5 heteroatoms. The molecule has 0 aromatic carbocycles. The van der Waals surface area contributed by atoms with E-state index in [9.17, 15) is 4.39 Å². The summed E-state index contributed by atoms with van der Waals surface area (Å²) in [5, 5.41) is 0. The summed E-state index contributed by atoms with van der Waals surface area (Å²) >= 11 is 0. The Labute approximate surface area is 101 Å². The van der Waals surface area contributed by atoms with Gasteiger partial charge >= 0.3 is 7.12 Å². The van der Waals surface area contributed by atoms with Crippen molar-refractivity contribution >= 4 is 12.6 Å². The van der Waals surface area contributed by atoms with Gasteiger partial charge in [-0.2, -0.15) is 4.39 Å². The van der Waals surface area contributed by atoms with Gasteiger partial charge in [0.15, 0.2) is 0 Å². The molecule has 0 spiro atoms. The molecule has 0 saturated carbocycles. The molecule has 1 saturated heterocycles. The molecular formula is C12H17BFNO2. The highest BCUT2D eigenvalue weighted by molar-refractivity contribution is 6.62. The molecule has 0 bridgehead atoms. The molecule has 0 N–H and O–H groups in total. The molecule has 2 heterocycles. The molecule has 0 aliphatic carbocycles. The smallest absolute Gasteiger partial charge is 0.399 e. The number of halogens is 1. The Morgan fingerprint density at radius 1 is 1.18 bits per heavy atom. The predicted octanol–water partition coefficient (Wildman–Crippen LogP) is 1.83. The van der Waals surface area contributed by atoms with Crippen LogP contribution in [0.5, 0.6) is 0 Å². The van der Waals surface area contributed by atoms with E-state index in [4.69, 9.17) is 9.31 Å². The maximum absolute atomic E-state index is 13.4. The molecule has 3 nitrogen and oxygen atoms in total. The highest BCUT2D eigenvalue weighted by Gasteiger charge is 2.52. The monoisotopic (exact) mass is 237 g/mol. The first-order valence-corrected chi connectivity index (χ1v) is 5.71. The molecule has 2 rings (SSSR count). The van der Waals surface area contributed by atoms with Gasteiger partial charge in [-0.25, -0.2) is 4.98 Å². The topological polar surface area (TPSA) is 31.4 Å². The average Bonchev–Trinajstić information content (AvgIpc) is 2.40. The Balaban J connectivity index is 2.36. The largest absolute Gasteiger partial charge is 0.495 e. The molecule has 92 valence electrons. The fraction of sp³-hybridized carbons (Fsp3) is 0.583. The Bertz CT molecular complexity index is 432. The SMILES string of the molecule is Cc1c(B2OC(C)(C)C(C)(C)O2)ccnc1F. The summed E-state index contributed by atoms with van der Waals surface area (Å²) in [4.78, 5) is 3.61. The maximum atomic E-state index is 13.4. The Hall–Kier alpha value is -0.935. The second-order valence-corrected chi connectivity index (χ2v) is 5.40. The van der Waals surface area contributed by atoms with Crippen LogP contribution in [0.4, 0.5) is 4.39 Å². The minimum atomic E-state index is -0.530. The normalized spacial score (nSPS) is 21.9. The van der Waals surface area contributed by atoms with E-state index in [-0.39, 0.29) is 0 Å². The number of hydrogen-bond acceptors (Lipinski definition) is 3. The fourth-order valence-electron chi connectivity index (χ4n) is 1.75. The van der Waals surface area contributed by atoms with E-state index in [1.54, 1.807) is 13.0 Å². The third-order valence-electron chi connectivity index (χ3n) is 3.69. The third-order valence-corrected chi connectivity index (χ3v) is 3.69. The summed E-state index contributed by atoms with van der Waals surface area (Å²) < 4.78 is 25.1. The zero-order valence-electron chi connectivity index (χ0n) is 10.9. The van der Waals surface area contributed by atoms with Crippen molar-refractivity contribution in [2.24, 2.45) is 0 Å². The molecule has 0 radical (unpaired) electrons. The molecule has 0 atom stereocenters. The van der Waals surface area contributed by atoms with Crippen LogP contribution in [0.25, 0.3) is 0 Å². The van der Waals surface area contributed by atoms with E-state index in [0.29, 0.717) is 11.0 Å². The molecule has 17 heavy (non-hydrogen) atoms. The highest BCUT2D eigenvalue weighted by atomic mass is 19.1. The summed E-state index contributed by atoms with van der Waals surface area (Å²) in [6.07, 6.45) is 1.43. The van der Waals surface area contributed by atoms with E-state index < -0.39 is 24.3 Å². The van der Waals surface area contributed by atoms with Crippen molar-refractivity contribution in [3.8, 4) is 0 Å². The number of aromatic nitrogens is 1. The van der Waals surface area contributed by atoms with Gasteiger partial charge in [0.1, 0.15) is 0 Å². The predicted molar refractivity (Wildman–Crippen MR) is 64.6 cm³/mol. The van der Waals surface area contributed by atoms with Crippen molar-refractivity contribution in [2.75, 3.05) is 0 Å². The van der Waals surface area contributed by atoms with Crippen molar-refractivity contribution in [3.05, 3.63) is 23.8 Å². The molecule has 1 aliphatic heterocycles. The summed E-state index contributed by atoms with van der Waals surface area (Å²) in [6, 6.07) is 1.74. The quantitative estimate of drug-likeness (QED) is 0.551. The van der Waals surface area contributed by atoms with Gasteiger partial charge in [-0.3, -0.25) is 0 Å². The number of rotatable bonds is 1. The number of nitrogens with zero attached hydrogens (tertiary/aromatic N) is 1. The highest BCUT2D eigenvalue weighted by Crippen LogP contribution is 2.36. The summed E-state index contributed by atoms with van der Waals surface area (Å²) in [6.45, 7) is 9.57. The van der Waals surface area contributed by atoms with Crippen molar-refractivity contribution in [2.45, 2.75) is 45.8 Å². The minimum absolute atomic E-state index is 0.413. The molecule has 1 fully saturated rings. The lowest BCUT2D eigenvalue weighted by Gasteiger charge is -2.32. The van der Waals surface area contributed by atoms with Crippen molar-refractivity contribution < 1.29 is 13.7 Å². The maximum Gasteiger partial charge on any atom is 0.495 e. The van der Waals surface area contributed by atoms with Crippen LogP contribution in [0, 0.1) is 12.9 Å². The second-order valence-electron chi connectivity index (χ2n) is 5.40. The van der Waals surface area contributed by atoms with Crippen LogP contribution in [-0.4, -0.2) is 23.3 Å². The standard InChI is InChI=1S/C12H17BFNO2/c1-8-9(6-7-15-10(8)14)13-16-11(2,3)12(4,5)17-13/h6-7H,1-5H3. The third kappa shape index (κ3) is 1.98. The Kier molecular flexibility index (Phi) is 2.79. The van der Waals surface area contributed by atoms with Crippen LogP contribution in [0.1, 0.15) is 33.3 Å². The first kappa shape index (κ1) is 12.5. The molecule has 1 aromatic heterocycles.